The third kappa shape index (κ3) is 3.06. The van der Waals surface area contributed by atoms with E-state index in [2.05, 4.69) is 5.10 Å². The van der Waals surface area contributed by atoms with Crippen molar-refractivity contribution in [2.45, 2.75) is 20.6 Å². The molecule has 0 aliphatic heterocycles. The molecule has 19 heavy (non-hydrogen) atoms. The number of nitrogens with zero attached hydrogens (tertiary/aromatic N) is 2. The average molecular weight is 281 g/mol. The molecule has 1 aromatic carbocycles. The summed E-state index contributed by atoms with van der Waals surface area (Å²) in [5.41, 5.74) is 1.86. The Bertz CT molecular complexity index is 599. The van der Waals surface area contributed by atoms with Gasteiger partial charge in [0.1, 0.15) is 5.75 Å². The lowest BCUT2D eigenvalue weighted by molar-refractivity contribution is 0.0688. The Morgan fingerprint density at radius 1 is 1.42 bits per heavy atom. The maximum Gasteiger partial charge on any atom is 0.356 e. The lowest BCUT2D eigenvalue weighted by atomic mass is 10.1. The molecule has 5 nitrogen and oxygen atoms in total. The van der Waals surface area contributed by atoms with Crippen LogP contribution in [0, 0.1) is 13.8 Å². The summed E-state index contributed by atoms with van der Waals surface area (Å²) in [6.45, 7) is 3.95. The van der Waals surface area contributed by atoms with Gasteiger partial charge in [0.15, 0.2) is 12.4 Å². The Morgan fingerprint density at radius 2 is 2.05 bits per heavy atom. The zero-order chi connectivity index (χ0) is 14.0. The monoisotopic (exact) mass is 280 g/mol. The molecule has 0 saturated heterocycles. The van der Waals surface area contributed by atoms with E-state index in [0.29, 0.717) is 5.75 Å². The summed E-state index contributed by atoms with van der Waals surface area (Å²) in [5.74, 6) is -0.385. The molecule has 1 heterocycles. The summed E-state index contributed by atoms with van der Waals surface area (Å²) in [5, 5.41) is 13.3. The molecule has 0 saturated carbocycles. The first-order valence-electron chi connectivity index (χ1n) is 5.63. The number of benzene rings is 1. The number of carbonyl (C=O) groups is 1. The van der Waals surface area contributed by atoms with Gasteiger partial charge >= 0.3 is 5.97 Å². The van der Waals surface area contributed by atoms with Crippen molar-refractivity contribution in [1.29, 1.82) is 0 Å². The third-order valence-electron chi connectivity index (χ3n) is 2.63. The molecule has 0 amide bonds. The van der Waals surface area contributed by atoms with E-state index in [1.54, 1.807) is 6.20 Å². The first-order chi connectivity index (χ1) is 8.97. The quantitative estimate of drug-likeness (QED) is 0.935. The first-order valence-corrected chi connectivity index (χ1v) is 6.01. The number of carboxylic acids is 1. The molecule has 0 aliphatic rings. The Hall–Kier alpha value is -2.01. The van der Waals surface area contributed by atoms with Gasteiger partial charge in [0.2, 0.25) is 0 Å². The number of carboxylic acid groups (broad SMARTS) is 1. The van der Waals surface area contributed by atoms with Crippen LogP contribution in [0.2, 0.25) is 5.02 Å². The minimum absolute atomic E-state index is 0.00735. The highest BCUT2D eigenvalue weighted by Gasteiger charge is 2.07. The summed E-state index contributed by atoms with van der Waals surface area (Å²) in [4.78, 5) is 10.7. The minimum Gasteiger partial charge on any atom is -0.476 e. The lowest BCUT2D eigenvalue weighted by Gasteiger charge is -2.09. The van der Waals surface area contributed by atoms with Crippen molar-refractivity contribution in [3.05, 3.63) is 46.2 Å². The van der Waals surface area contributed by atoms with Crippen molar-refractivity contribution in [2.24, 2.45) is 0 Å². The van der Waals surface area contributed by atoms with Gasteiger partial charge in [-0.05, 0) is 43.2 Å². The second-order valence-corrected chi connectivity index (χ2v) is 4.57. The Balaban J connectivity index is 2.08. The average Bonchev–Trinajstić information content (AvgIpc) is 2.82. The van der Waals surface area contributed by atoms with E-state index in [4.69, 9.17) is 21.4 Å². The molecule has 6 heteroatoms. The number of aromatic nitrogens is 2. The van der Waals surface area contributed by atoms with Crippen LogP contribution < -0.4 is 4.74 Å². The molecule has 0 bridgehead atoms. The van der Waals surface area contributed by atoms with Crippen LogP contribution in [0.4, 0.5) is 0 Å². The number of aryl methyl sites for hydroxylation is 2. The molecule has 0 fully saturated rings. The maximum absolute atomic E-state index is 10.7. The Kier molecular flexibility index (Phi) is 3.76. The van der Waals surface area contributed by atoms with Crippen molar-refractivity contribution in [3.63, 3.8) is 0 Å². The highest BCUT2D eigenvalue weighted by atomic mass is 35.5. The van der Waals surface area contributed by atoms with Crippen LogP contribution >= 0.6 is 11.6 Å². The van der Waals surface area contributed by atoms with Gasteiger partial charge in [-0.1, -0.05) is 11.6 Å². The summed E-state index contributed by atoms with van der Waals surface area (Å²) >= 11 is 6.07. The SMILES string of the molecule is Cc1cc(OCn2ccc(C(=O)O)n2)cc(C)c1Cl. The number of halogens is 1. The van der Waals surface area contributed by atoms with Gasteiger partial charge < -0.3 is 9.84 Å². The van der Waals surface area contributed by atoms with Gasteiger partial charge in [-0.2, -0.15) is 5.10 Å². The van der Waals surface area contributed by atoms with Gasteiger partial charge in [0.25, 0.3) is 0 Å². The summed E-state index contributed by atoms with van der Waals surface area (Å²) in [7, 11) is 0. The minimum atomic E-state index is -1.06. The predicted octanol–water partition coefficient (Wildman–Crippen LogP) is 2.89. The van der Waals surface area contributed by atoms with Crippen molar-refractivity contribution in [1.82, 2.24) is 9.78 Å². The first kappa shape index (κ1) is 13.4. The fraction of sp³-hybridized carbons (Fsp3) is 0.231. The molecule has 100 valence electrons. The van der Waals surface area contributed by atoms with Gasteiger partial charge in [-0.15, -0.1) is 0 Å². The highest BCUT2D eigenvalue weighted by Crippen LogP contribution is 2.25. The van der Waals surface area contributed by atoms with Crippen molar-refractivity contribution < 1.29 is 14.6 Å². The van der Waals surface area contributed by atoms with Crippen LogP contribution in [-0.2, 0) is 6.73 Å². The van der Waals surface area contributed by atoms with Crippen LogP contribution in [0.1, 0.15) is 21.6 Å². The summed E-state index contributed by atoms with van der Waals surface area (Å²) in [6, 6.07) is 5.08. The zero-order valence-electron chi connectivity index (χ0n) is 10.6. The van der Waals surface area contributed by atoms with Crippen LogP contribution in [0.3, 0.4) is 0 Å². The fourth-order valence-electron chi connectivity index (χ4n) is 1.68. The standard InChI is InChI=1S/C13H13ClN2O3/c1-8-5-10(6-9(2)12(8)14)19-7-16-4-3-11(15-16)13(17)18/h3-6H,7H2,1-2H3,(H,17,18). The largest absolute Gasteiger partial charge is 0.476 e. The van der Waals surface area contributed by atoms with E-state index >= 15 is 0 Å². The van der Waals surface area contributed by atoms with Gasteiger partial charge in [-0.3, -0.25) is 0 Å². The van der Waals surface area contributed by atoms with Crippen LogP contribution in [0.15, 0.2) is 24.4 Å². The second kappa shape index (κ2) is 5.32. The number of hydrogen-bond donors (Lipinski definition) is 1. The highest BCUT2D eigenvalue weighted by molar-refractivity contribution is 6.32. The normalized spacial score (nSPS) is 10.5. The fourth-order valence-corrected chi connectivity index (χ4v) is 1.79. The van der Waals surface area contributed by atoms with E-state index < -0.39 is 5.97 Å². The second-order valence-electron chi connectivity index (χ2n) is 4.19. The number of hydrogen-bond acceptors (Lipinski definition) is 3. The maximum atomic E-state index is 10.7. The van der Waals surface area contributed by atoms with Crippen LogP contribution in [0.5, 0.6) is 5.75 Å². The molecule has 2 aromatic rings. The van der Waals surface area contributed by atoms with E-state index in [9.17, 15) is 4.79 Å². The molecule has 1 aromatic heterocycles. The molecule has 2 rings (SSSR count). The lowest BCUT2D eigenvalue weighted by Crippen LogP contribution is -2.08. The molecular formula is C13H13ClN2O3. The molecule has 0 spiro atoms. The smallest absolute Gasteiger partial charge is 0.356 e. The predicted molar refractivity (Wildman–Crippen MR) is 70.7 cm³/mol. The third-order valence-corrected chi connectivity index (χ3v) is 3.23. The number of ether oxygens (including phenoxy) is 1. The van der Waals surface area contributed by atoms with Gasteiger partial charge in [-0.25, -0.2) is 9.48 Å². The van der Waals surface area contributed by atoms with Gasteiger partial charge in [0, 0.05) is 11.2 Å². The van der Waals surface area contributed by atoms with Crippen molar-refractivity contribution in [3.8, 4) is 5.75 Å². The van der Waals surface area contributed by atoms with Crippen LogP contribution in [-0.4, -0.2) is 20.9 Å². The molecule has 0 atom stereocenters. The van der Waals surface area contributed by atoms with Crippen molar-refractivity contribution >= 4 is 17.6 Å². The van der Waals surface area contributed by atoms with Crippen molar-refractivity contribution in [2.75, 3.05) is 0 Å². The number of rotatable bonds is 4. The van der Waals surface area contributed by atoms with E-state index in [1.807, 2.05) is 26.0 Å². The molecule has 0 aliphatic carbocycles. The molecule has 0 radical (unpaired) electrons. The number of aromatic carboxylic acids is 1. The van der Waals surface area contributed by atoms with E-state index in [1.165, 1.54) is 10.7 Å². The van der Waals surface area contributed by atoms with E-state index in [0.717, 1.165) is 16.1 Å². The molecule has 0 unspecified atom stereocenters. The zero-order valence-corrected chi connectivity index (χ0v) is 11.3. The molecule has 1 N–H and O–H groups in total. The summed E-state index contributed by atoms with van der Waals surface area (Å²) in [6.07, 6.45) is 1.55. The Morgan fingerprint density at radius 3 is 2.58 bits per heavy atom. The van der Waals surface area contributed by atoms with Crippen LogP contribution in [0.25, 0.3) is 0 Å². The van der Waals surface area contributed by atoms with E-state index in [-0.39, 0.29) is 12.4 Å². The molecular weight excluding hydrogens is 268 g/mol. The summed E-state index contributed by atoms with van der Waals surface area (Å²) < 4.78 is 6.97. The topological polar surface area (TPSA) is 64.3 Å². The van der Waals surface area contributed by atoms with Gasteiger partial charge in [0.05, 0.1) is 0 Å². The Labute approximate surface area is 115 Å².